The third kappa shape index (κ3) is 4.87. The van der Waals surface area contributed by atoms with Gasteiger partial charge in [-0.15, -0.1) is 0 Å². The fourth-order valence-corrected chi connectivity index (χ4v) is 5.22. The number of rotatable bonds is 7. The lowest BCUT2D eigenvalue weighted by Gasteiger charge is -2.23. The molecule has 0 bridgehead atoms. The first-order valence-corrected chi connectivity index (χ1v) is 12.4. The van der Waals surface area contributed by atoms with Gasteiger partial charge in [0, 0.05) is 21.8 Å². The Morgan fingerprint density at radius 2 is 1.80 bits per heavy atom. The van der Waals surface area contributed by atoms with E-state index in [9.17, 15) is 9.59 Å². The summed E-state index contributed by atoms with van der Waals surface area (Å²) in [6.07, 6.45) is 3.07. The summed E-state index contributed by atoms with van der Waals surface area (Å²) in [5, 5.41) is 0.839. The lowest BCUT2D eigenvalue weighted by molar-refractivity contribution is -0.136. The van der Waals surface area contributed by atoms with Crippen LogP contribution in [-0.2, 0) is 9.53 Å². The Hall–Kier alpha value is -3.07. The zero-order valence-electron chi connectivity index (χ0n) is 19.2. The predicted octanol–water partition coefficient (Wildman–Crippen LogP) is 4.12. The van der Waals surface area contributed by atoms with Gasteiger partial charge in [0.15, 0.2) is 16.3 Å². The maximum Gasteiger partial charge on any atom is 0.337 e. The summed E-state index contributed by atoms with van der Waals surface area (Å²) in [4.78, 5) is 31.1. The Bertz CT molecular complexity index is 1470. The first kappa shape index (κ1) is 25.0. The van der Waals surface area contributed by atoms with Crippen molar-refractivity contribution in [2.45, 2.75) is 19.9 Å². The quantitative estimate of drug-likeness (QED) is 0.427. The molecule has 0 unspecified atom stereocenters. The molecule has 35 heavy (non-hydrogen) atoms. The van der Waals surface area contributed by atoms with Crippen LogP contribution in [0.5, 0.6) is 11.5 Å². The average Bonchev–Trinajstić information content (AvgIpc) is 3.17. The molecule has 1 aliphatic heterocycles. The third-order valence-corrected chi connectivity index (χ3v) is 6.94. The van der Waals surface area contributed by atoms with Crippen LogP contribution in [0.25, 0.3) is 6.08 Å². The number of fused-ring (bicyclic) bond motifs is 1. The van der Waals surface area contributed by atoms with Gasteiger partial charge in [-0.2, -0.15) is 0 Å². The Kier molecular flexibility index (Phi) is 7.64. The van der Waals surface area contributed by atoms with Gasteiger partial charge in [0.2, 0.25) is 0 Å². The van der Waals surface area contributed by atoms with Crippen LogP contribution in [0.2, 0.25) is 10.0 Å². The first-order chi connectivity index (χ1) is 16.9. The van der Waals surface area contributed by atoms with Crippen molar-refractivity contribution in [1.29, 1.82) is 0 Å². The number of carbonyl (C=O) groups is 1. The van der Waals surface area contributed by atoms with E-state index in [2.05, 4.69) is 4.99 Å². The summed E-state index contributed by atoms with van der Waals surface area (Å²) in [7, 11) is 1.29. The second-order valence-electron chi connectivity index (χ2n) is 7.38. The highest BCUT2D eigenvalue weighted by Crippen LogP contribution is 2.35. The lowest BCUT2D eigenvalue weighted by atomic mass is 9.97. The van der Waals surface area contributed by atoms with Crippen molar-refractivity contribution < 1.29 is 19.0 Å². The Balaban J connectivity index is 1.94. The molecule has 182 valence electrons. The Labute approximate surface area is 215 Å². The Morgan fingerprint density at radius 1 is 1.11 bits per heavy atom. The zero-order chi connectivity index (χ0) is 25.1. The molecule has 2 aromatic carbocycles. The van der Waals surface area contributed by atoms with Crippen molar-refractivity contribution >= 4 is 46.6 Å². The number of hydrogen-bond acceptors (Lipinski definition) is 7. The summed E-state index contributed by atoms with van der Waals surface area (Å²) in [6, 6.07) is 9.67. The zero-order valence-corrected chi connectivity index (χ0v) is 21.5. The van der Waals surface area contributed by atoms with Crippen LogP contribution < -0.4 is 24.4 Å². The van der Waals surface area contributed by atoms with Gasteiger partial charge in [-0.3, -0.25) is 9.36 Å². The summed E-state index contributed by atoms with van der Waals surface area (Å²) >= 11 is 13.8. The van der Waals surface area contributed by atoms with E-state index in [-0.39, 0.29) is 11.1 Å². The summed E-state index contributed by atoms with van der Waals surface area (Å²) < 4.78 is 18.3. The number of methoxy groups -OCH3 is 1. The number of aromatic nitrogens is 1. The second-order valence-corrected chi connectivity index (χ2v) is 9.21. The van der Waals surface area contributed by atoms with E-state index in [0.29, 0.717) is 55.2 Å². The van der Waals surface area contributed by atoms with Gasteiger partial charge >= 0.3 is 5.97 Å². The molecule has 1 aliphatic rings. The smallest absolute Gasteiger partial charge is 0.337 e. The summed E-state index contributed by atoms with van der Waals surface area (Å²) in [5.41, 5.74) is 1.06. The van der Waals surface area contributed by atoms with Crippen molar-refractivity contribution in [2.24, 2.45) is 4.99 Å². The van der Waals surface area contributed by atoms with Gasteiger partial charge in [-0.05, 0) is 49.8 Å². The SMILES string of the molecule is CCOc1ccc([C@H]2C(C(=O)OC)=CN=c3s/c(=C/c4c(Cl)cccc4Cl)c(=O)n32)cc1OCC. The monoisotopic (exact) mass is 532 g/mol. The molecule has 0 aliphatic carbocycles. The molecule has 0 N–H and O–H groups in total. The molecule has 0 fully saturated rings. The lowest BCUT2D eigenvalue weighted by Crippen LogP contribution is -2.39. The Morgan fingerprint density at radius 3 is 2.46 bits per heavy atom. The van der Waals surface area contributed by atoms with Crippen LogP contribution in [-0.4, -0.2) is 30.9 Å². The molecule has 10 heteroatoms. The second kappa shape index (κ2) is 10.7. The minimum Gasteiger partial charge on any atom is -0.490 e. The molecule has 0 spiro atoms. The molecule has 1 atom stereocenters. The number of nitrogens with zero attached hydrogens (tertiary/aromatic N) is 2. The number of esters is 1. The van der Waals surface area contributed by atoms with Crippen molar-refractivity contribution in [3.63, 3.8) is 0 Å². The molecule has 7 nitrogen and oxygen atoms in total. The highest BCUT2D eigenvalue weighted by molar-refractivity contribution is 7.07. The summed E-state index contributed by atoms with van der Waals surface area (Å²) in [5.74, 6) is 0.495. The van der Waals surface area contributed by atoms with Gasteiger partial charge < -0.3 is 14.2 Å². The van der Waals surface area contributed by atoms with E-state index in [1.807, 2.05) is 13.8 Å². The minimum absolute atomic E-state index is 0.217. The fourth-order valence-electron chi connectivity index (χ4n) is 3.77. The topological polar surface area (TPSA) is 79.1 Å². The van der Waals surface area contributed by atoms with E-state index in [1.165, 1.54) is 29.2 Å². The molecule has 0 saturated carbocycles. The normalized spacial score (nSPS) is 15.2. The van der Waals surface area contributed by atoms with Crippen molar-refractivity contribution in [3.8, 4) is 11.5 Å². The predicted molar refractivity (Wildman–Crippen MR) is 136 cm³/mol. The van der Waals surface area contributed by atoms with Crippen molar-refractivity contribution in [2.75, 3.05) is 20.3 Å². The van der Waals surface area contributed by atoms with Crippen molar-refractivity contribution in [1.82, 2.24) is 4.57 Å². The van der Waals surface area contributed by atoms with Gasteiger partial charge in [0.05, 0.1) is 36.5 Å². The largest absolute Gasteiger partial charge is 0.490 e. The highest BCUT2D eigenvalue weighted by Gasteiger charge is 2.31. The van der Waals surface area contributed by atoms with Crippen LogP contribution >= 0.6 is 34.5 Å². The van der Waals surface area contributed by atoms with E-state index >= 15 is 0 Å². The van der Waals surface area contributed by atoms with Crippen LogP contribution in [0.15, 0.2) is 58.0 Å². The van der Waals surface area contributed by atoms with E-state index in [4.69, 9.17) is 37.4 Å². The van der Waals surface area contributed by atoms with E-state index < -0.39 is 12.0 Å². The van der Waals surface area contributed by atoms with Gasteiger partial charge in [0.1, 0.15) is 0 Å². The number of thiazole rings is 1. The van der Waals surface area contributed by atoms with Crippen molar-refractivity contribution in [3.05, 3.63) is 89.0 Å². The van der Waals surface area contributed by atoms with Gasteiger partial charge in [-0.25, -0.2) is 9.79 Å². The molecule has 3 aromatic rings. The van der Waals surface area contributed by atoms with Gasteiger partial charge in [-0.1, -0.05) is 46.7 Å². The van der Waals surface area contributed by atoms with Crippen LogP contribution in [0.4, 0.5) is 0 Å². The van der Waals surface area contributed by atoms with Crippen LogP contribution in [0.1, 0.15) is 31.0 Å². The van der Waals surface area contributed by atoms with E-state index in [1.54, 1.807) is 42.5 Å². The number of carbonyl (C=O) groups excluding carboxylic acids is 1. The maximum absolute atomic E-state index is 13.6. The van der Waals surface area contributed by atoms with Gasteiger partial charge in [0.25, 0.3) is 5.56 Å². The minimum atomic E-state index is -0.780. The number of halogens is 2. The average molecular weight is 533 g/mol. The molecule has 2 heterocycles. The highest BCUT2D eigenvalue weighted by atomic mass is 35.5. The summed E-state index contributed by atoms with van der Waals surface area (Å²) in [6.45, 7) is 4.63. The molecule has 4 rings (SSSR count). The fraction of sp³-hybridized carbons (Fsp3) is 0.240. The number of hydrogen-bond donors (Lipinski definition) is 0. The van der Waals surface area contributed by atoms with Crippen LogP contribution in [0.3, 0.4) is 0 Å². The molecule has 1 aromatic heterocycles. The standard InChI is InChI=1S/C25H22Cl2N2O5S/c1-4-33-19-10-9-14(11-20(19)34-5-2)22-16(24(31)32-3)13-28-25-29(22)23(30)21(35-25)12-15-17(26)7-6-8-18(15)27/h6-13,22H,4-5H2,1-3H3/b21-12+/t22-/m0/s1. The molecular weight excluding hydrogens is 511 g/mol. The van der Waals surface area contributed by atoms with E-state index in [0.717, 1.165) is 0 Å². The van der Waals surface area contributed by atoms with Crippen LogP contribution in [0, 0.1) is 0 Å². The number of ether oxygens (including phenoxy) is 3. The first-order valence-electron chi connectivity index (χ1n) is 10.8. The molecular formula is C25H22Cl2N2O5S. The molecule has 0 saturated heterocycles. The third-order valence-electron chi connectivity index (χ3n) is 5.28. The molecule has 0 radical (unpaired) electrons. The molecule has 0 amide bonds. The number of benzene rings is 2. The maximum atomic E-state index is 13.6.